The van der Waals surface area contributed by atoms with Gasteiger partial charge in [-0.2, -0.15) is 10.5 Å². The number of aromatic nitrogens is 6. The summed E-state index contributed by atoms with van der Waals surface area (Å²) in [7, 11) is 0. The first kappa shape index (κ1) is 91.9. The monoisotopic (exact) mass is 1890 g/mol. The van der Waals surface area contributed by atoms with Crippen LogP contribution in [0.5, 0.6) is 0 Å². The molecule has 0 bridgehead atoms. The molecule has 147 heavy (non-hydrogen) atoms. The zero-order valence-electron chi connectivity index (χ0n) is 86.8. The zero-order chi connectivity index (χ0) is 101. The molecule has 24 aromatic rings. The molecule has 0 fully saturated rings. The van der Waals surface area contributed by atoms with Crippen LogP contribution in [0.25, 0.3) is 233 Å². The number of pyridine rings is 2. The highest BCUT2D eigenvalue weighted by atomic mass is 15.0. The maximum Gasteiger partial charge on any atom is 0.0993 e. The molecule has 0 atom stereocenters. The van der Waals surface area contributed by atoms with E-state index >= 15 is 0 Å². The quantitative estimate of drug-likeness (QED) is 0.102. The zero-order valence-corrected chi connectivity index (χ0v) is 86.8. The number of fused-ring (bicyclic) bond motifs is 12. The molecule has 708 valence electrons. The molecule has 0 aliphatic rings. The van der Waals surface area contributed by atoms with E-state index in [-0.39, 0.29) is 0 Å². The molecule has 0 aliphatic carbocycles. The highest BCUT2D eigenvalue weighted by Gasteiger charge is 2.31. The maximum absolute atomic E-state index is 12.0. The molecular formula is C139H112N8. The van der Waals surface area contributed by atoms with Gasteiger partial charge in [0.15, 0.2) is 0 Å². The molecule has 6 heterocycles. The van der Waals surface area contributed by atoms with E-state index in [4.69, 9.17) is 9.97 Å². The third-order valence-corrected chi connectivity index (χ3v) is 31.2. The summed E-state index contributed by atoms with van der Waals surface area (Å²) in [6.45, 7) is 42.1. The first-order valence-corrected chi connectivity index (χ1v) is 51.1. The first-order chi connectivity index (χ1) is 71.1. The topological polar surface area (TPSA) is 93.1 Å². The van der Waals surface area contributed by atoms with E-state index in [1.807, 2.05) is 0 Å². The summed E-state index contributed by atoms with van der Waals surface area (Å²) in [6.07, 6.45) is 0. The van der Waals surface area contributed by atoms with Crippen molar-refractivity contribution in [2.75, 3.05) is 0 Å². The van der Waals surface area contributed by atoms with Crippen LogP contribution in [0, 0.1) is 154 Å². The molecule has 0 saturated carbocycles. The second-order valence-electron chi connectivity index (χ2n) is 41.8. The van der Waals surface area contributed by atoms with Gasteiger partial charge in [-0.05, 0) is 402 Å². The third-order valence-electron chi connectivity index (χ3n) is 31.2. The fraction of sp³-hybridized carbons (Fsp3) is 0.137. The van der Waals surface area contributed by atoms with Crippen molar-refractivity contribution in [3.8, 4) is 158 Å². The van der Waals surface area contributed by atoms with Gasteiger partial charge in [-0.1, -0.05) is 252 Å². The summed E-state index contributed by atoms with van der Waals surface area (Å²) in [4.78, 5) is 11.5. The minimum Gasteiger partial charge on any atom is -0.308 e. The Bertz CT molecular complexity index is 9510. The molecule has 24 rings (SSSR count). The fourth-order valence-electron chi connectivity index (χ4n) is 25.9. The number of para-hydroxylation sites is 2. The van der Waals surface area contributed by atoms with Gasteiger partial charge < -0.3 is 18.3 Å². The van der Waals surface area contributed by atoms with Gasteiger partial charge >= 0.3 is 0 Å². The second kappa shape index (κ2) is 35.5. The Hall–Kier alpha value is -17.6. The average molecular weight is 1890 g/mol. The molecule has 0 spiro atoms. The Morgan fingerprint density at radius 2 is 0.415 bits per heavy atom. The van der Waals surface area contributed by atoms with Gasteiger partial charge in [-0.25, -0.2) is 4.98 Å². The van der Waals surface area contributed by atoms with E-state index in [1.54, 1.807) is 0 Å². The molecule has 0 saturated heterocycles. The van der Waals surface area contributed by atoms with Crippen LogP contribution in [0.4, 0.5) is 0 Å². The fourth-order valence-corrected chi connectivity index (χ4v) is 25.9. The number of nitrogens with zero attached hydrogens (tertiary/aromatic N) is 8. The van der Waals surface area contributed by atoms with E-state index in [0.717, 1.165) is 211 Å². The van der Waals surface area contributed by atoms with Crippen LogP contribution in [0.15, 0.2) is 334 Å². The first-order valence-electron chi connectivity index (χ1n) is 51.1. The van der Waals surface area contributed by atoms with Gasteiger partial charge in [0.05, 0.1) is 107 Å². The second-order valence-corrected chi connectivity index (χ2v) is 41.8. The predicted octanol–water partition coefficient (Wildman–Crippen LogP) is 36.8. The minimum absolute atomic E-state index is 0.517. The molecular weight excluding hydrogens is 1780 g/mol. The molecule has 0 aliphatic heterocycles. The number of aryl methyl sites for hydroxylation is 18. The van der Waals surface area contributed by atoms with Crippen molar-refractivity contribution in [2.45, 2.75) is 132 Å². The third kappa shape index (κ3) is 15.3. The molecule has 6 aromatic heterocycles. The van der Waals surface area contributed by atoms with Gasteiger partial charge in [0, 0.05) is 65.5 Å². The molecule has 18 aromatic carbocycles. The van der Waals surface area contributed by atoms with Crippen LogP contribution in [0.1, 0.15) is 117 Å². The molecule has 0 amide bonds. The Labute approximate surface area is 859 Å². The lowest BCUT2D eigenvalue weighted by molar-refractivity contribution is 1.11. The average Bonchev–Trinajstić information content (AvgIpc) is 1.58. The summed E-state index contributed by atoms with van der Waals surface area (Å²) in [5, 5.41) is 32.5. The van der Waals surface area contributed by atoms with Crippen molar-refractivity contribution in [1.29, 1.82) is 10.5 Å². The lowest BCUT2D eigenvalue weighted by Gasteiger charge is -2.22. The van der Waals surface area contributed by atoms with E-state index in [9.17, 15) is 10.5 Å². The summed E-state index contributed by atoms with van der Waals surface area (Å²) < 4.78 is 9.74. The van der Waals surface area contributed by atoms with Crippen LogP contribution in [0.2, 0.25) is 0 Å². The Kier molecular flexibility index (Phi) is 22.2. The van der Waals surface area contributed by atoms with Crippen LogP contribution in [-0.2, 0) is 0 Å². The van der Waals surface area contributed by atoms with Crippen LogP contribution < -0.4 is 0 Å². The van der Waals surface area contributed by atoms with Crippen molar-refractivity contribution in [3.05, 3.63) is 451 Å². The predicted molar refractivity (Wildman–Crippen MR) is 619 cm³/mol. The van der Waals surface area contributed by atoms with Crippen LogP contribution in [-0.4, -0.2) is 28.2 Å². The standard InChI is InChI=1S/C139H112N8/c1-77-52-82(6)131(83(7)53-77)102-40-46-110-108-33-20-22-38-119(108)144(121(110)69-102)127-63-96(75-140)64-128(145-120-39-23-21-34-109(120)111-47-41-103(70-122(111)145)132-84(8)54-78(2)55-85(132)9)139(127)118-37-27-35-116(143-118)100-31-25-29-98(67-100)99-30-26-32-101(68-99)136-92(16)62-93(17)137(95(136)19)107-45-51-115-114-50-44-106(135-90(14)60-81(5)61-91(135)15)73-125(114)147(126(115)74-107)130-66-97(76-141)65-129(138(130)117-36-24-28-94(18)142-117)146-123-71-104(133-86(10)56-79(3)57-87(133)11)42-48-112(123)113-49-43-105(72-124(113)146)134-88(12)58-80(4)59-89(134)13/h20-74H,1-19H3. The van der Waals surface area contributed by atoms with E-state index in [1.165, 1.54) is 128 Å². The number of rotatable bonds is 15. The summed E-state index contributed by atoms with van der Waals surface area (Å²) in [6, 6.07) is 129. The number of nitriles is 2. The smallest absolute Gasteiger partial charge is 0.0993 e. The van der Waals surface area contributed by atoms with Gasteiger partial charge in [0.1, 0.15) is 0 Å². The minimum atomic E-state index is 0.517. The Morgan fingerprint density at radius 3 is 0.728 bits per heavy atom. The molecule has 8 heteroatoms. The lowest BCUT2D eigenvalue weighted by Crippen LogP contribution is -2.06. The molecule has 8 nitrogen and oxygen atoms in total. The van der Waals surface area contributed by atoms with Gasteiger partial charge in [0.2, 0.25) is 0 Å². The summed E-state index contributed by atoms with van der Waals surface area (Å²) >= 11 is 0. The number of benzene rings is 18. The van der Waals surface area contributed by atoms with E-state index in [0.29, 0.717) is 11.1 Å². The SMILES string of the molecule is Cc1cc(C)c(-c2ccc3c4ccc(-c5c(C)cc(C)cc5C)cc4n(-c4cc(C#N)cc(-n5c6cc(-c7c(C)cc(C)cc7C)ccc6c6ccc(-c7c(C)cc(C)c(-c8cccc(-c9cccc(-c%10cccc(-c%11c(-n%12c%13ccccc%13c%13ccc(-c%14c(C)cc(C)cc%14C)cc%13%12)cc(C#N)cc%11-n%11c%12ccccc%12c%12ccc(-c%13c(C)cc(C)cc%13C)cc%12%11)n%10)c9)c8)c7C)cc65)c4-c4cccc(C)n4)c3c2)c(C)c1. The van der Waals surface area contributed by atoms with Gasteiger partial charge in [-0.15, -0.1) is 0 Å². The summed E-state index contributed by atoms with van der Waals surface area (Å²) in [5.41, 5.74) is 58.6. The Balaban J connectivity index is 0.680. The highest BCUT2D eigenvalue weighted by molar-refractivity contribution is 6.17. The largest absolute Gasteiger partial charge is 0.308 e. The van der Waals surface area contributed by atoms with Crippen molar-refractivity contribution >= 4 is 87.2 Å². The van der Waals surface area contributed by atoms with Crippen molar-refractivity contribution in [1.82, 2.24) is 28.2 Å². The maximum atomic E-state index is 12.0. The molecule has 0 N–H and O–H groups in total. The van der Waals surface area contributed by atoms with Crippen LogP contribution in [0.3, 0.4) is 0 Å². The van der Waals surface area contributed by atoms with E-state index < -0.39 is 0 Å². The lowest BCUT2D eigenvalue weighted by atomic mass is 9.85. The van der Waals surface area contributed by atoms with Crippen molar-refractivity contribution < 1.29 is 0 Å². The summed E-state index contributed by atoms with van der Waals surface area (Å²) in [5.74, 6) is 0. The highest BCUT2D eigenvalue weighted by Crippen LogP contribution is 2.52. The van der Waals surface area contributed by atoms with Crippen molar-refractivity contribution in [3.63, 3.8) is 0 Å². The van der Waals surface area contributed by atoms with Gasteiger partial charge in [0.25, 0.3) is 0 Å². The Morgan fingerprint density at radius 1 is 0.177 bits per heavy atom. The molecule has 0 unspecified atom stereocenters. The van der Waals surface area contributed by atoms with Gasteiger partial charge in [-0.3, -0.25) is 4.98 Å². The normalized spacial score (nSPS) is 11.8. The number of hydrogen-bond donors (Lipinski definition) is 0. The molecule has 0 radical (unpaired) electrons. The van der Waals surface area contributed by atoms with Crippen LogP contribution >= 0.6 is 0 Å². The van der Waals surface area contributed by atoms with Crippen molar-refractivity contribution in [2.24, 2.45) is 0 Å². The van der Waals surface area contributed by atoms with E-state index in [2.05, 4.69) is 496 Å². The number of hydrogen-bond acceptors (Lipinski definition) is 4.